The zero-order valence-corrected chi connectivity index (χ0v) is 13.4. The van der Waals surface area contributed by atoms with Crippen LogP contribution in [-0.2, 0) is 6.42 Å². The normalized spacial score (nSPS) is 21.5. The second-order valence-electron chi connectivity index (χ2n) is 6.08. The zero-order chi connectivity index (χ0) is 16.8. The number of fused-ring (bicyclic) bond motifs is 4. The molecule has 1 N–H and O–H groups in total. The first-order valence-corrected chi connectivity index (χ1v) is 8.10. The zero-order valence-electron chi connectivity index (χ0n) is 12.6. The minimum atomic E-state index is -0.548. The quantitative estimate of drug-likeness (QED) is 0.780. The van der Waals surface area contributed by atoms with Gasteiger partial charge in [0.25, 0.3) is 0 Å². The van der Waals surface area contributed by atoms with Crippen LogP contribution in [0.5, 0.6) is 0 Å². The fraction of sp³-hybridized carbons (Fsp3) is 0.294. The van der Waals surface area contributed by atoms with Gasteiger partial charge in [-0.25, -0.2) is 14.2 Å². The molecule has 2 atom stereocenters. The number of carbonyl (C=O) groups excluding carboxylic acids is 1. The summed E-state index contributed by atoms with van der Waals surface area (Å²) in [5.74, 6) is -1.02. The van der Waals surface area contributed by atoms with Gasteiger partial charge in [-0.3, -0.25) is 0 Å². The number of anilines is 1. The molecule has 4 nitrogen and oxygen atoms in total. The Morgan fingerprint density at radius 2 is 2.12 bits per heavy atom. The number of nitrogens with zero attached hydrogens (tertiary/aromatic N) is 2. The molecule has 4 rings (SSSR count). The van der Waals surface area contributed by atoms with E-state index in [0.29, 0.717) is 17.0 Å². The molecule has 1 fully saturated rings. The van der Waals surface area contributed by atoms with E-state index in [-0.39, 0.29) is 17.8 Å². The van der Waals surface area contributed by atoms with Crippen molar-refractivity contribution >= 4 is 23.3 Å². The number of pyridine rings is 1. The van der Waals surface area contributed by atoms with Gasteiger partial charge in [-0.15, -0.1) is 0 Å². The lowest BCUT2D eigenvalue weighted by molar-refractivity contribution is 0.178. The molecule has 1 aromatic carbocycles. The van der Waals surface area contributed by atoms with Crippen molar-refractivity contribution in [3.05, 3.63) is 58.4 Å². The molecular formula is C17H14ClF2N3O. The molecule has 2 bridgehead atoms. The summed E-state index contributed by atoms with van der Waals surface area (Å²) in [6, 6.07) is 5.04. The van der Waals surface area contributed by atoms with Crippen molar-refractivity contribution in [2.75, 3.05) is 5.32 Å². The van der Waals surface area contributed by atoms with Gasteiger partial charge in [0.2, 0.25) is 5.95 Å². The third-order valence-electron chi connectivity index (χ3n) is 4.75. The Labute approximate surface area is 142 Å². The number of hydrogen-bond donors (Lipinski definition) is 1. The third-order valence-corrected chi connectivity index (χ3v) is 4.98. The summed E-state index contributed by atoms with van der Waals surface area (Å²) in [6.07, 6.45) is 3.38. The van der Waals surface area contributed by atoms with Crippen molar-refractivity contribution in [3.8, 4) is 0 Å². The minimum Gasteiger partial charge on any atom is -0.314 e. The highest BCUT2D eigenvalue weighted by atomic mass is 35.5. The van der Waals surface area contributed by atoms with E-state index in [1.165, 1.54) is 24.4 Å². The summed E-state index contributed by atoms with van der Waals surface area (Å²) in [6.45, 7) is 0. The minimum absolute atomic E-state index is 0.0404. The van der Waals surface area contributed by atoms with Crippen molar-refractivity contribution in [2.24, 2.45) is 0 Å². The fourth-order valence-corrected chi connectivity index (χ4v) is 3.87. The molecule has 2 aliphatic heterocycles. The lowest BCUT2D eigenvalue weighted by Crippen LogP contribution is -2.44. The fourth-order valence-electron chi connectivity index (χ4n) is 3.70. The summed E-state index contributed by atoms with van der Waals surface area (Å²) in [5.41, 5.74) is 1.42. The van der Waals surface area contributed by atoms with Crippen LogP contribution in [-0.4, -0.2) is 22.0 Å². The second kappa shape index (κ2) is 5.70. The molecule has 0 aliphatic carbocycles. The molecule has 2 amide bonds. The molecule has 2 aromatic rings. The van der Waals surface area contributed by atoms with Gasteiger partial charge in [0.1, 0.15) is 5.82 Å². The summed E-state index contributed by atoms with van der Waals surface area (Å²) in [5, 5.41) is 2.92. The standard InChI is InChI=1S/C17H14ClF2N3O/c18-9-1-3-13(19)14(7-9)22-17(24)23-10-2-4-15(23)11-5-6-21-16(20)12(11)8-10/h1,3,5-7,10,15H,2,4,8H2,(H,22,24). The van der Waals surface area contributed by atoms with E-state index in [1.54, 1.807) is 11.0 Å². The van der Waals surface area contributed by atoms with Gasteiger partial charge in [-0.2, -0.15) is 4.39 Å². The maximum absolute atomic E-state index is 13.9. The summed E-state index contributed by atoms with van der Waals surface area (Å²) >= 11 is 5.86. The number of hydrogen-bond acceptors (Lipinski definition) is 2. The second-order valence-corrected chi connectivity index (χ2v) is 6.52. The van der Waals surface area contributed by atoms with Crippen LogP contribution in [0.3, 0.4) is 0 Å². The molecule has 1 aromatic heterocycles. The number of benzene rings is 1. The topological polar surface area (TPSA) is 45.2 Å². The van der Waals surface area contributed by atoms with Crippen LogP contribution in [0.4, 0.5) is 19.3 Å². The Hall–Kier alpha value is -2.21. The highest BCUT2D eigenvalue weighted by Crippen LogP contribution is 2.44. The Kier molecular flexibility index (Phi) is 3.64. The third kappa shape index (κ3) is 2.41. The number of halogens is 3. The van der Waals surface area contributed by atoms with Gasteiger partial charge in [0, 0.05) is 22.8 Å². The molecular weight excluding hydrogens is 336 g/mol. The summed E-state index contributed by atoms with van der Waals surface area (Å²) in [7, 11) is 0. The van der Waals surface area contributed by atoms with Gasteiger partial charge in [-0.1, -0.05) is 11.6 Å². The van der Waals surface area contributed by atoms with Crippen LogP contribution in [0.25, 0.3) is 0 Å². The van der Waals surface area contributed by atoms with Crippen LogP contribution in [0.2, 0.25) is 5.02 Å². The Morgan fingerprint density at radius 1 is 1.29 bits per heavy atom. The number of aromatic nitrogens is 1. The number of urea groups is 1. The van der Waals surface area contributed by atoms with Crippen LogP contribution in [0.15, 0.2) is 30.5 Å². The largest absolute Gasteiger partial charge is 0.322 e. The van der Waals surface area contributed by atoms with Crippen LogP contribution in [0.1, 0.15) is 30.0 Å². The van der Waals surface area contributed by atoms with Crippen LogP contribution in [0, 0.1) is 11.8 Å². The van der Waals surface area contributed by atoms with Crippen molar-refractivity contribution in [3.63, 3.8) is 0 Å². The van der Waals surface area contributed by atoms with E-state index < -0.39 is 17.8 Å². The Morgan fingerprint density at radius 3 is 2.96 bits per heavy atom. The van der Waals surface area contributed by atoms with Gasteiger partial charge >= 0.3 is 6.03 Å². The average molecular weight is 350 g/mol. The van der Waals surface area contributed by atoms with Gasteiger partial charge in [0.05, 0.1) is 11.7 Å². The predicted octanol–water partition coefficient (Wildman–Crippen LogP) is 4.31. The lowest BCUT2D eigenvalue weighted by Gasteiger charge is -2.36. The first-order chi connectivity index (χ1) is 11.5. The van der Waals surface area contributed by atoms with E-state index >= 15 is 0 Å². The van der Waals surface area contributed by atoms with E-state index in [2.05, 4.69) is 10.3 Å². The maximum Gasteiger partial charge on any atom is 0.322 e. The first kappa shape index (κ1) is 15.3. The smallest absolute Gasteiger partial charge is 0.314 e. The average Bonchev–Trinajstić information content (AvgIpc) is 2.87. The van der Waals surface area contributed by atoms with E-state index in [1.807, 2.05) is 0 Å². The van der Waals surface area contributed by atoms with Crippen molar-refractivity contribution in [2.45, 2.75) is 31.3 Å². The molecule has 0 saturated carbocycles. The summed E-state index contributed by atoms with van der Waals surface area (Å²) in [4.78, 5) is 18.1. The Balaban J connectivity index is 1.63. The highest BCUT2D eigenvalue weighted by Gasteiger charge is 2.43. The molecule has 2 unspecified atom stereocenters. The molecule has 0 radical (unpaired) electrons. The summed E-state index contributed by atoms with van der Waals surface area (Å²) < 4.78 is 27.8. The van der Waals surface area contributed by atoms with Crippen molar-refractivity contribution in [1.82, 2.24) is 9.88 Å². The highest BCUT2D eigenvalue weighted by molar-refractivity contribution is 6.30. The first-order valence-electron chi connectivity index (χ1n) is 7.72. The molecule has 1 saturated heterocycles. The van der Waals surface area contributed by atoms with Crippen molar-refractivity contribution in [1.29, 1.82) is 0 Å². The maximum atomic E-state index is 13.9. The molecule has 3 heterocycles. The SMILES string of the molecule is O=C(Nc1cc(Cl)ccc1F)N1C2CCC1c1ccnc(F)c1C2. The van der Waals surface area contributed by atoms with Crippen LogP contribution < -0.4 is 5.32 Å². The predicted molar refractivity (Wildman–Crippen MR) is 85.9 cm³/mol. The van der Waals surface area contributed by atoms with Crippen molar-refractivity contribution < 1.29 is 13.6 Å². The number of amides is 2. The number of rotatable bonds is 1. The molecule has 124 valence electrons. The number of nitrogens with one attached hydrogen (secondary N) is 1. The monoisotopic (exact) mass is 349 g/mol. The Bertz CT molecular complexity index is 829. The molecule has 0 spiro atoms. The number of carbonyl (C=O) groups is 1. The van der Waals surface area contributed by atoms with Crippen LogP contribution >= 0.6 is 11.6 Å². The van der Waals surface area contributed by atoms with E-state index in [4.69, 9.17) is 11.6 Å². The van der Waals surface area contributed by atoms with Gasteiger partial charge < -0.3 is 10.2 Å². The lowest BCUT2D eigenvalue weighted by atomic mass is 9.95. The van der Waals surface area contributed by atoms with E-state index in [0.717, 1.165) is 18.4 Å². The van der Waals surface area contributed by atoms with E-state index in [9.17, 15) is 13.6 Å². The molecule has 24 heavy (non-hydrogen) atoms. The van der Waals surface area contributed by atoms with Gasteiger partial charge in [-0.05, 0) is 49.1 Å². The molecule has 7 heteroatoms. The molecule has 2 aliphatic rings. The van der Waals surface area contributed by atoms with Gasteiger partial charge in [0.15, 0.2) is 0 Å².